The molecule has 1 aromatic carbocycles. The summed E-state index contributed by atoms with van der Waals surface area (Å²) in [6.07, 6.45) is 21.3. The van der Waals surface area contributed by atoms with Gasteiger partial charge in [-0.3, -0.25) is 14.3 Å². The monoisotopic (exact) mass is 470 g/mol. The second kappa shape index (κ2) is 11.0. The van der Waals surface area contributed by atoms with Gasteiger partial charge >= 0.3 is 17.1 Å². The van der Waals surface area contributed by atoms with Gasteiger partial charge in [-0.15, -0.1) is 5.10 Å². The van der Waals surface area contributed by atoms with E-state index in [-0.39, 0.29) is 23.0 Å². The fourth-order valence-corrected chi connectivity index (χ4v) is 3.78. The number of fused-ring (bicyclic) bond motifs is 1. The molecular formula is C25H26FeN4O2+2. The predicted octanol–water partition coefficient (Wildman–Crippen LogP) is 4.31. The van der Waals surface area contributed by atoms with Crippen LogP contribution in [0.4, 0.5) is 5.69 Å². The van der Waals surface area contributed by atoms with Crippen LogP contribution in [-0.2, 0) is 28.4 Å². The van der Waals surface area contributed by atoms with Gasteiger partial charge in [0, 0.05) is 25.2 Å². The van der Waals surface area contributed by atoms with Gasteiger partial charge in [-0.05, 0) is 38.3 Å². The summed E-state index contributed by atoms with van der Waals surface area (Å²) in [6.45, 7) is 3.20. The maximum atomic E-state index is 12.2. The zero-order valence-electron chi connectivity index (χ0n) is 18.0. The molecule has 0 radical (unpaired) electrons. The molecule has 5 rings (SSSR count). The van der Waals surface area contributed by atoms with E-state index in [0.29, 0.717) is 12.1 Å². The molecule has 164 valence electrons. The summed E-state index contributed by atoms with van der Waals surface area (Å²) >= 11 is 0. The van der Waals surface area contributed by atoms with Gasteiger partial charge in [0.15, 0.2) is 0 Å². The molecule has 0 bridgehead atoms. The first-order valence-electron chi connectivity index (χ1n) is 10.7. The third-order valence-electron chi connectivity index (χ3n) is 5.45. The van der Waals surface area contributed by atoms with Crippen LogP contribution in [0.2, 0.25) is 0 Å². The Morgan fingerprint density at radius 2 is 1.72 bits per heavy atom. The molecule has 0 saturated carbocycles. The predicted molar refractivity (Wildman–Crippen MR) is 121 cm³/mol. The first-order valence-corrected chi connectivity index (χ1v) is 10.7. The Morgan fingerprint density at radius 3 is 2.41 bits per heavy atom. The number of amides is 1. The number of aromatic nitrogens is 3. The standard InChI is InChI=1S/C20H20N4O2.C5H6.Fe/c1-14-8-9-18-16(12-14)19(25)20(26)24(18)11-5-4-10-23-13-17(21-22-23)15-6-2-3-7-15;1-2-4-5-3-1;/h2-3,6-9,12-13,15H,4-5,10-11H2,1H3;1-4H,5H2;/q;;+2. The van der Waals surface area contributed by atoms with Crippen molar-refractivity contribution in [3.05, 3.63) is 89.8 Å². The van der Waals surface area contributed by atoms with Crippen molar-refractivity contribution in [1.29, 1.82) is 0 Å². The number of Topliss-reactive ketones (excluding diaryl/α,β-unsaturated/α-hetero) is 1. The van der Waals surface area contributed by atoms with Gasteiger partial charge in [-0.1, -0.05) is 65.5 Å². The van der Waals surface area contributed by atoms with Crippen LogP contribution in [0.25, 0.3) is 0 Å². The minimum atomic E-state index is -0.423. The number of unbranched alkanes of at least 4 members (excludes halogenated alkanes) is 1. The van der Waals surface area contributed by atoms with Crippen LogP contribution in [0.3, 0.4) is 0 Å². The number of nitrogens with zero attached hydrogens (tertiary/aromatic N) is 4. The smallest absolute Gasteiger partial charge is 0.305 e. The number of rotatable bonds is 6. The molecule has 7 heteroatoms. The zero-order chi connectivity index (χ0) is 21.6. The van der Waals surface area contributed by atoms with E-state index in [0.717, 1.165) is 42.8 Å². The minimum Gasteiger partial charge on any atom is -0.305 e. The zero-order valence-corrected chi connectivity index (χ0v) is 19.1. The Morgan fingerprint density at radius 1 is 1.00 bits per heavy atom. The number of benzene rings is 1. The van der Waals surface area contributed by atoms with E-state index in [4.69, 9.17) is 0 Å². The summed E-state index contributed by atoms with van der Waals surface area (Å²) in [6, 6.07) is 5.58. The molecule has 0 saturated heterocycles. The number of carbonyl (C=O) groups is 2. The largest absolute Gasteiger partial charge is 2.00 e. The SMILES string of the molecule is C1=CCC=C1.Cc1ccc2c(c1)C(=O)C(=O)N2CCCCn1cc(C2C=CC=C2)nn1.[Fe+2]. The molecule has 0 spiro atoms. The summed E-state index contributed by atoms with van der Waals surface area (Å²) in [7, 11) is 0. The Kier molecular flexibility index (Phi) is 8.14. The van der Waals surface area contributed by atoms with Crippen molar-refractivity contribution in [1.82, 2.24) is 15.0 Å². The molecular weight excluding hydrogens is 444 g/mol. The van der Waals surface area contributed by atoms with E-state index in [2.05, 4.69) is 46.8 Å². The second-order valence-electron chi connectivity index (χ2n) is 7.81. The Hall–Kier alpha value is -3.02. The quantitative estimate of drug-likeness (QED) is 0.359. The maximum absolute atomic E-state index is 12.2. The molecule has 1 aromatic heterocycles. The summed E-state index contributed by atoms with van der Waals surface area (Å²) in [4.78, 5) is 25.9. The van der Waals surface area contributed by atoms with Crippen LogP contribution >= 0.6 is 0 Å². The summed E-state index contributed by atoms with van der Waals surface area (Å²) < 4.78 is 1.84. The van der Waals surface area contributed by atoms with E-state index < -0.39 is 11.7 Å². The topological polar surface area (TPSA) is 68.1 Å². The van der Waals surface area contributed by atoms with Crippen LogP contribution < -0.4 is 4.90 Å². The normalized spacial score (nSPS) is 15.8. The van der Waals surface area contributed by atoms with Crippen LogP contribution in [-0.4, -0.2) is 33.2 Å². The number of anilines is 1. The van der Waals surface area contributed by atoms with Crippen molar-refractivity contribution in [2.45, 2.75) is 38.6 Å². The number of allylic oxidation sites excluding steroid dienone is 8. The molecule has 2 aromatic rings. The minimum absolute atomic E-state index is 0. The fraction of sp³-hybridized carbons (Fsp3) is 0.280. The van der Waals surface area contributed by atoms with Gasteiger partial charge in [0.2, 0.25) is 0 Å². The van der Waals surface area contributed by atoms with Crippen molar-refractivity contribution in [3.8, 4) is 0 Å². The molecule has 0 unspecified atom stereocenters. The van der Waals surface area contributed by atoms with Crippen molar-refractivity contribution in [2.75, 3.05) is 11.4 Å². The van der Waals surface area contributed by atoms with Crippen LogP contribution in [0.5, 0.6) is 0 Å². The Balaban J connectivity index is 0.000000427. The first kappa shape index (κ1) is 23.6. The molecule has 6 nitrogen and oxygen atoms in total. The third kappa shape index (κ3) is 5.42. The number of hydrogen-bond acceptors (Lipinski definition) is 4. The van der Waals surface area contributed by atoms with Crippen molar-refractivity contribution in [3.63, 3.8) is 0 Å². The van der Waals surface area contributed by atoms with Gasteiger partial charge in [-0.2, -0.15) is 0 Å². The van der Waals surface area contributed by atoms with E-state index >= 15 is 0 Å². The molecule has 0 N–H and O–H groups in total. The molecule has 2 heterocycles. The summed E-state index contributed by atoms with van der Waals surface area (Å²) in [5, 5.41) is 8.38. The van der Waals surface area contributed by atoms with E-state index in [1.165, 1.54) is 0 Å². The van der Waals surface area contributed by atoms with E-state index in [9.17, 15) is 9.59 Å². The molecule has 1 aliphatic heterocycles. The van der Waals surface area contributed by atoms with Crippen LogP contribution in [0.15, 0.2) is 73.0 Å². The van der Waals surface area contributed by atoms with E-state index in [1.807, 2.05) is 42.1 Å². The number of hydrogen-bond donors (Lipinski definition) is 0. The van der Waals surface area contributed by atoms with Gasteiger partial charge in [-0.25, -0.2) is 0 Å². The molecule has 32 heavy (non-hydrogen) atoms. The molecule has 3 aliphatic rings. The van der Waals surface area contributed by atoms with Crippen LogP contribution in [0, 0.1) is 6.92 Å². The van der Waals surface area contributed by atoms with Gasteiger partial charge in [0.05, 0.1) is 16.9 Å². The average molecular weight is 470 g/mol. The molecule has 0 atom stereocenters. The van der Waals surface area contributed by atoms with Crippen molar-refractivity contribution >= 4 is 17.4 Å². The molecule has 0 fully saturated rings. The Bertz CT molecular complexity index is 1080. The summed E-state index contributed by atoms with van der Waals surface area (Å²) in [5.41, 5.74) is 3.18. The number of carbonyl (C=O) groups excluding carboxylic acids is 2. The molecule has 1 amide bonds. The van der Waals surface area contributed by atoms with E-state index in [1.54, 1.807) is 11.0 Å². The van der Waals surface area contributed by atoms with Crippen LogP contribution in [0.1, 0.15) is 46.8 Å². The van der Waals surface area contributed by atoms with Gasteiger partial charge in [0.25, 0.3) is 11.7 Å². The first-order chi connectivity index (χ1) is 15.1. The number of aryl methyl sites for hydroxylation is 2. The Labute approximate surface area is 198 Å². The van der Waals surface area contributed by atoms with Crippen molar-refractivity contribution < 1.29 is 26.7 Å². The van der Waals surface area contributed by atoms with Gasteiger partial charge in [0.1, 0.15) is 0 Å². The van der Waals surface area contributed by atoms with Gasteiger partial charge < -0.3 is 4.90 Å². The molecule has 2 aliphatic carbocycles. The third-order valence-corrected chi connectivity index (χ3v) is 5.45. The fourth-order valence-electron chi connectivity index (χ4n) is 3.78. The van der Waals surface area contributed by atoms with Crippen molar-refractivity contribution in [2.24, 2.45) is 0 Å². The second-order valence-corrected chi connectivity index (χ2v) is 7.81. The summed E-state index contributed by atoms with van der Waals surface area (Å²) in [5.74, 6) is -0.604. The maximum Gasteiger partial charge on any atom is 2.00 e. The average Bonchev–Trinajstić information content (AvgIpc) is 3.58. The number of ketones is 1.